The topological polar surface area (TPSA) is 17.8 Å². The maximum atomic E-state index is 4.78. The first-order valence-corrected chi connectivity index (χ1v) is 8.53. The molecule has 0 saturated carbocycles. The summed E-state index contributed by atoms with van der Waals surface area (Å²) in [5.41, 5.74) is 5.57. The molecule has 2 nitrogen and oxygen atoms in total. The maximum Gasteiger partial charge on any atom is 0.109 e. The van der Waals surface area contributed by atoms with Gasteiger partial charge in [-0.3, -0.25) is 0 Å². The third kappa shape index (κ3) is 3.12. The van der Waals surface area contributed by atoms with Crippen LogP contribution in [0.15, 0.2) is 54.7 Å². The Bertz CT molecular complexity index is 880. The fourth-order valence-corrected chi connectivity index (χ4v) is 3.06. The van der Waals surface area contributed by atoms with E-state index in [0.29, 0.717) is 0 Å². The third-order valence-electron chi connectivity index (χ3n) is 4.49. The minimum Gasteiger partial charge on any atom is -0.334 e. The number of fused-ring (bicyclic) bond motifs is 1. The smallest absolute Gasteiger partial charge is 0.109 e. The van der Waals surface area contributed by atoms with E-state index in [1.165, 1.54) is 24.2 Å². The van der Waals surface area contributed by atoms with E-state index in [9.17, 15) is 0 Å². The van der Waals surface area contributed by atoms with Crippen molar-refractivity contribution in [3.63, 3.8) is 0 Å². The lowest BCUT2D eigenvalue weighted by molar-refractivity contribution is 0.522. The highest BCUT2D eigenvalue weighted by Crippen LogP contribution is 2.22. The highest BCUT2D eigenvalue weighted by atomic mass is 15.1. The standard InChI is InChI=1S/C22H20N2/c1-17-5-7-18(8-6-17)9-10-19-11-13-20(14-12-19)21-16-24-15-3-2-4-22(24)23-21/h5-8,11-14,16H,2-4,15H2,1H3. The van der Waals surface area contributed by atoms with Gasteiger partial charge in [0.25, 0.3) is 0 Å². The average Bonchev–Trinajstić information content (AvgIpc) is 3.06. The monoisotopic (exact) mass is 312 g/mol. The van der Waals surface area contributed by atoms with Crippen molar-refractivity contribution in [3.8, 4) is 23.1 Å². The quantitative estimate of drug-likeness (QED) is 0.601. The van der Waals surface area contributed by atoms with Crippen LogP contribution in [-0.4, -0.2) is 9.55 Å². The first kappa shape index (κ1) is 14.8. The summed E-state index contributed by atoms with van der Waals surface area (Å²) in [6.45, 7) is 3.19. The predicted molar refractivity (Wildman–Crippen MR) is 97.8 cm³/mol. The van der Waals surface area contributed by atoms with Gasteiger partial charge in [-0.1, -0.05) is 41.7 Å². The normalized spacial score (nSPS) is 13.0. The summed E-state index contributed by atoms with van der Waals surface area (Å²) in [5, 5.41) is 0. The molecule has 3 aromatic rings. The summed E-state index contributed by atoms with van der Waals surface area (Å²) in [7, 11) is 0. The Balaban J connectivity index is 1.55. The van der Waals surface area contributed by atoms with E-state index < -0.39 is 0 Å². The van der Waals surface area contributed by atoms with E-state index in [1.807, 2.05) is 0 Å². The Morgan fingerprint density at radius 3 is 2.21 bits per heavy atom. The lowest BCUT2D eigenvalue weighted by Crippen LogP contribution is -2.08. The van der Waals surface area contributed by atoms with Crippen molar-refractivity contribution < 1.29 is 0 Å². The Labute approximate surface area is 143 Å². The fraction of sp³-hybridized carbons (Fsp3) is 0.227. The molecule has 2 aromatic carbocycles. The summed E-state index contributed by atoms with van der Waals surface area (Å²) >= 11 is 0. The molecule has 0 N–H and O–H groups in total. The molecule has 0 atom stereocenters. The van der Waals surface area contributed by atoms with Crippen LogP contribution < -0.4 is 0 Å². The molecule has 0 saturated heterocycles. The van der Waals surface area contributed by atoms with Gasteiger partial charge in [0.1, 0.15) is 5.82 Å². The molecule has 0 amide bonds. The van der Waals surface area contributed by atoms with E-state index in [0.717, 1.165) is 35.3 Å². The van der Waals surface area contributed by atoms with E-state index in [4.69, 9.17) is 4.98 Å². The molecule has 0 spiro atoms. The molecule has 1 aliphatic rings. The molecular formula is C22H20N2. The highest BCUT2D eigenvalue weighted by Gasteiger charge is 2.12. The molecule has 1 aliphatic heterocycles. The third-order valence-corrected chi connectivity index (χ3v) is 4.49. The van der Waals surface area contributed by atoms with E-state index in [-0.39, 0.29) is 0 Å². The molecule has 0 radical (unpaired) electrons. The van der Waals surface area contributed by atoms with Gasteiger partial charge < -0.3 is 4.57 Å². The molecule has 2 heteroatoms. The van der Waals surface area contributed by atoms with Crippen molar-refractivity contribution in [2.75, 3.05) is 0 Å². The molecule has 24 heavy (non-hydrogen) atoms. The van der Waals surface area contributed by atoms with Gasteiger partial charge in [-0.2, -0.15) is 0 Å². The zero-order valence-electron chi connectivity index (χ0n) is 13.9. The van der Waals surface area contributed by atoms with E-state index in [2.05, 4.69) is 78.1 Å². The van der Waals surface area contributed by atoms with Crippen LogP contribution in [0.25, 0.3) is 11.3 Å². The second kappa shape index (κ2) is 6.37. The molecule has 0 bridgehead atoms. The van der Waals surface area contributed by atoms with E-state index in [1.54, 1.807) is 0 Å². The predicted octanol–water partition coefficient (Wildman–Crippen LogP) is 4.59. The summed E-state index contributed by atoms with van der Waals surface area (Å²) < 4.78 is 2.30. The van der Waals surface area contributed by atoms with Gasteiger partial charge in [-0.15, -0.1) is 0 Å². The molecule has 0 unspecified atom stereocenters. The molecule has 2 heterocycles. The van der Waals surface area contributed by atoms with Gasteiger partial charge in [0.05, 0.1) is 5.69 Å². The number of nitrogens with zero attached hydrogens (tertiary/aromatic N) is 2. The second-order valence-corrected chi connectivity index (χ2v) is 6.39. The van der Waals surface area contributed by atoms with Crippen LogP contribution in [0.4, 0.5) is 0 Å². The number of rotatable bonds is 1. The highest BCUT2D eigenvalue weighted by molar-refractivity contribution is 5.60. The molecular weight excluding hydrogens is 292 g/mol. The Morgan fingerprint density at radius 2 is 1.54 bits per heavy atom. The first-order valence-electron chi connectivity index (χ1n) is 8.53. The SMILES string of the molecule is Cc1ccc(C#Cc2ccc(-c3cn4c(n3)CCCC4)cc2)cc1. The van der Waals surface area contributed by atoms with Crippen molar-refractivity contribution in [1.29, 1.82) is 0 Å². The molecule has 118 valence electrons. The van der Waals surface area contributed by atoms with Crippen molar-refractivity contribution in [3.05, 3.63) is 77.2 Å². The zero-order valence-corrected chi connectivity index (χ0v) is 13.9. The van der Waals surface area contributed by atoms with E-state index >= 15 is 0 Å². The molecule has 0 aliphatic carbocycles. The Morgan fingerprint density at radius 1 is 0.875 bits per heavy atom. The summed E-state index contributed by atoms with van der Waals surface area (Å²) in [6.07, 6.45) is 5.79. The maximum absolute atomic E-state index is 4.78. The first-order chi connectivity index (χ1) is 11.8. The van der Waals surface area contributed by atoms with Crippen LogP contribution in [0, 0.1) is 18.8 Å². The van der Waals surface area contributed by atoms with Crippen LogP contribution >= 0.6 is 0 Å². The van der Waals surface area contributed by atoms with Crippen LogP contribution in [0.2, 0.25) is 0 Å². The number of aryl methyl sites for hydroxylation is 3. The van der Waals surface area contributed by atoms with Crippen LogP contribution in [-0.2, 0) is 13.0 Å². The van der Waals surface area contributed by atoms with Crippen LogP contribution in [0.3, 0.4) is 0 Å². The zero-order chi connectivity index (χ0) is 16.4. The molecule has 4 rings (SSSR count). The van der Waals surface area contributed by atoms with Crippen LogP contribution in [0.5, 0.6) is 0 Å². The Hall–Kier alpha value is -2.79. The summed E-state index contributed by atoms with van der Waals surface area (Å²) in [5.74, 6) is 7.67. The second-order valence-electron chi connectivity index (χ2n) is 6.39. The summed E-state index contributed by atoms with van der Waals surface area (Å²) in [4.78, 5) is 4.78. The number of benzene rings is 2. The Kier molecular flexibility index (Phi) is 3.92. The van der Waals surface area contributed by atoms with Gasteiger partial charge in [-0.25, -0.2) is 4.98 Å². The fourth-order valence-electron chi connectivity index (χ4n) is 3.06. The van der Waals surface area contributed by atoms with Crippen LogP contribution in [0.1, 0.15) is 35.4 Å². The van der Waals surface area contributed by atoms with Crippen molar-refractivity contribution in [2.24, 2.45) is 0 Å². The number of aromatic nitrogens is 2. The van der Waals surface area contributed by atoms with Gasteiger partial charge in [0, 0.05) is 35.9 Å². The lowest BCUT2D eigenvalue weighted by atomic mass is 10.1. The van der Waals surface area contributed by atoms with Gasteiger partial charge in [-0.05, 0) is 44.0 Å². The van der Waals surface area contributed by atoms with Crippen molar-refractivity contribution >= 4 is 0 Å². The minimum absolute atomic E-state index is 1.03. The number of hydrogen-bond acceptors (Lipinski definition) is 1. The van der Waals surface area contributed by atoms with Crippen molar-refractivity contribution in [1.82, 2.24) is 9.55 Å². The average molecular weight is 312 g/mol. The number of hydrogen-bond donors (Lipinski definition) is 0. The largest absolute Gasteiger partial charge is 0.334 e. The molecule has 1 aromatic heterocycles. The lowest BCUT2D eigenvalue weighted by Gasteiger charge is -2.11. The minimum atomic E-state index is 1.03. The summed E-state index contributed by atoms with van der Waals surface area (Å²) in [6, 6.07) is 16.7. The van der Waals surface area contributed by atoms with Crippen molar-refractivity contribution in [2.45, 2.75) is 32.7 Å². The number of imidazole rings is 1. The van der Waals surface area contributed by atoms with Gasteiger partial charge in [0.15, 0.2) is 0 Å². The van der Waals surface area contributed by atoms with Gasteiger partial charge >= 0.3 is 0 Å². The molecule has 0 fully saturated rings. The van der Waals surface area contributed by atoms with Gasteiger partial charge in [0.2, 0.25) is 0 Å².